The fraction of sp³-hybridized carbons (Fsp3) is 0.300. The van der Waals surface area contributed by atoms with Crippen molar-refractivity contribution in [1.29, 1.82) is 0 Å². The lowest BCUT2D eigenvalue weighted by atomic mass is 10.1. The van der Waals surface area contributed by atoms with Crippen molar-refractivity contribution in [1.82, 2.24) is 0 Å². The minimum Gasteiger partial charge on any atom is -0.481 e. The van der Waals surface area contributed by atoms with E-state index in [-0.39, 0.29) is 30.7 Å². The smallest absolute Gasteiger partial charge is 0.265 e. The van der Waals surface area contributed by atoms with E-state index in [0.717, 1.165) is 5.56 Å². The molecule has 0 bridgehead atoms. The standard InChI is InChI=1S/C20H21FN2O3/c1-13(2)11-23-17-8-7-16(10-18(17)26-12-20(23)25)22-19(24)9-14-3-5-15(21)6-4-14/h3-8,10,13H,9,11-12H2,1-2H3,(H,22,24). The lowest BCUT2D eigenvalue weighted by molar-refractivity contribution is -0.121. The molecule has 0 spiro atoms. The summed E-state index contributed by atoms with van der Waals surface area (Å²) in [5.41, 5.74) is 2.04. The van der Waals surface area contributed by atoms with Gasteiger partial charge >= 0.3 is 0 Å². The first kappa shape index (κ1) is 17.9. The lowest BCUT2D eigenvalue weighted by Crippen LogP contribution is -2.40. The highest BCUT2D eigenvalue weighted by Crippen LogP contribution is 2.35. The van der Waals surface area contributed by atoms with E-state index in [9.17, 15) is 14.0 Å². The van der Waals surface area contributed by atoms with Gasteiger partial charge in [0.2, 0.25) is 5.91 Å². The second-order valence-electron chi connectivity index (χ2n) is 6.72. The molecule has 0 atom stereocenters. The van der Waals surface area contributed by atoms with Crippen LogP contribution in [0.15, 0.2) is 42.5 Å². The number of anilines is 2. The van der Waals surface area contributed by atoms with Gasteiger partial charge in [0.1, 0.15) is 11.6 Å². The maximum absolute atomic E-state index is 12.9. The van der Waals surface area contributed by atoms with E-state index in [0.29, 0.717) is 29.6 Å². The number of carbonyl (C=O) groups excluding carboxylic acids is 2. The Balaban J connectivity index is 1.71. The Morgan fingerprint density at radius 1 is 1.23 bits per heavy atom. The van der Waals surface area contributed by atoms with Gasteiger partial charge < -0.3 is 15.0 Å². The van der Waals surface area contributed by atoms with Crippen molar-refractivity contribution in [2.75, 3.05) is 23.4 Å². The van der Waals surface area contributed by atoms with Gasteiger partial charge in [-0.1, -0.05) is 26.0 Å². The van der Waals surface area contributed by atoms with E-state index in [2.05, 4.69) is 5.32 Å². The minimum absolute atomic E-state index is 0.00724. The van der Waals surface area contributed by atoms with Crippen LogP contribution in [0.1, 0.15) is 19.4 Å². The Hall–Kier alpha value is -2.89. The lowest BCUT2D eigenvalue weighted by Gasteiger charge is -2.31. The van der Waals surface area contributed by atoms with Gasteiger partial charge in [-0.2, -0.15) is 0 Å². The zero-order valence-corrected chi connectivity index (χ0v) is 14.8. The summed E-state index contributed by atoms with van der Waals surface area (Å²) in [4.78, 5) is 26.0. The van der Waals surface area contributed by atoms with Crippen LogP contribution in [0.25, 0.3) is 0 Å². The Bertz CT molecular complexity index is 818. The van der Waals surface area contributed by atoms with Crippen molar-refractivity contribution < 1.29 is 18.7 Å². The Morgan fingerprint density at radius 3 is 2.65 bits per heavy atom. The number of nitrogens with one attached hydrogen (secondary N) is 1. The Kier molecular flexibility index (Phi) is 5.21. The number of hydrogen-bond donors (Lipinski definition) is 1. The SMILES string of the molecule is CC(C)CN1C(=O)COc2cc(NC(=O)Cc3ccc(F)cc3)ccc21. The third-order valence-electron chi connectivity index (χ3n) is 4.01. The maximum Gasteiger partial charge on any atom is 0.265 e. The summed E-state index contributed by atoms with van der Waals surface area (Å²) in [6, 6.07) is 11.1. The molecule has 1 aliphatic rings. The van der Waals surface area contributed by atoms with Crippen LogP contribution in [0, 0.1) is 11.7 Å². The zero-order chi connectivity index (χ0) is 18.7. The maximum atomic E-state index is 12.9. The topological polar surface area (TPSA) is 58.6 Å². The van der Waals surface area contributed by atoms with Crippen molar-refractivity contribution in [3.8, 4) is 5.75 Å². The number of benzene rings is 2. The predicted octanol–water partition coefficient (Wildman–Crippen LogP) is 3.39. The van der Waals surface area contributed by atoms with Crippen LogP contribution in [0.4, 0.5) is 15.8 Å². The molecule has 2 aromatic rings. The van der Waals surface area contributed by atoms with Gasteiger partial charge in [0.05, 0.1) is 12.1 Å². The van der Waals surface area contributed by atoms with Crippen LogP contribution >= 0.6 is 0 Å². The second-order valence-corrected chi connectivity index (χ2v) is 6.72. The first-order valence-electron chi connectivity index (χ1n) is 8.54. The molecule has 1 N–H and O–H groups in total. The van der Waals surface area contributed by atoms with Crippen LogP contribution in [-0.4, -0.2) is 25.0 Å². The monoisotopic (exact) mass is 356 g/mol. The first-order chi connectivity index (χ1) is 12.4. The largest absolute Gasteiger partial charge is 0.481 e. The van der Waals surface area contributed by atoms with E-state index in [1.807, 2.05) is 13.8 Å². The summed E-state index contributed by atoms with van der Waals surface area (Å²) in [6.45, 7) is 4.71. The molecule has 2 aromatic carbocycles. The van der Waals surface area contributed by atoms with Crippen LogP contribution < -0.4 is 15.0 Å². The van der Waals surface area contributed by atoms with Crippen molar-refractivity contribution in [2.24, 2.45) is 5.92 Å². The van der Waals surface area contributed by atoms with Gasteiger partial charge in [0.15, 0.2) is 6.61 Å². The third kappa shape index (κ3) is 4.20. The van der Waals surface area contributed by atoms with Gasteiger partial charge in [-0.15, -0.1) is 0 Å². The van der Waals surface area contributed by atoms with Gasteiger partial charge in [-0.3, -0.25) is 9.59 Å². The Morgan fingerprint density at radius 2 is 1.96 bits per heavy atom. The molecule has 0 saturated carbocycles. The second kappa shape index (κ2) is 7.56. The fourth-order valence-corrected chi connectivity index (χ4v) is 2.84. The number of hydrogen-bond acceptors (Lipinski definition) is 3. The number of carbonyl (C=O) groups is 2. The normalized spacial score (nSPS) is 13.4. The summed E-state index contributed by atoms with van der Waals surface area (Å²) < 4.78 is 18.4. The van der Waals surface area contributed by atoms with E-state index >= 15 is 0 Å². The molecule has 3 rings (SSSR count). The van der Waals surface area contributed by atoms with Crippen molar-refractivity contribution >= 4 is 23.2 Å². The summed E-state index contributed by atoms with van der Waals surface area (Å²) in [5, 5.41) is 2.81. The predicted molar refractivity (Wildman–Crippen MR) is 97.9 cm³/mol. The molecule has 0 saturated heterocycles. The molecule has 0 fully saturated rings. The van der Waals surface area contributed by atoms with Crippen molar-refractivity contribution in [2.45, 2.75) is 20.3 Å². The minimum atomic E-state index is -0.332. The molecular formula is C20H21FN2O3. The molecule has 2 amide bonds. The number of rotatable bonds is 5. The van der Waals surface area contributed by atoms with Crippen LogP contribution in [0.2, 0.25) is 0 Å². The molecule has 0 aromatic heterocycles. The first-order valence-corrected chi connectivity index (χ1v) is 8.54. The van der Waals surface area contributed by atoms with Gasteiger partial charge in [0.25, 0.3) is 5.91 Å². The van der Waals surface area contributed by atoms with E-state index in [1.54, 1.807) is 35.2 Å². The Labute approximate surface area is 151 Å². The van der Waals surface area contributed by atoms with Gasteiger partial charge in [0, 0.05) is 18.3 Å². The molecule has 6 heteroatoms. The molecule has 0 radical (unpaired) electrons. The molecule has 0 unspecified atom stereocenters. The van der Waals surface area contributed by atoms with E-state index in [4.69, 9.17) is 4.74 Å². The van der Waals surface area contributed by atoms with Crippen LogP contribution in [0.3, 0.4) is 0 Å². The molecule has 0 aliphatic carbocycles. The molecule has 26 heavy (non-hydrogen) atoms. The zero-order valence-electron chi connectivity index (χ0n) is 14.8. The molecule has 1 heterocycles. The van der Waals surface area contributed by atoms with Crippen LogP contribution in [-0.2, 0) is 16.0 Å². The quantitative estimate of drug-likeness (QED) is 0.893. The van der Waals surface area contributed by atoms with E-state index in [1.165, 1.54) is 12.1 Å². The summed E-state index contributed by atoms with van der Waals surface area (Å²) in [7, 11) is 0. The fourth-order valence-electron chi connectivity index (χ4n) is 2.84. The third-order valence-corrected chi connectivity index (χ3v) is 4.01. The summed E-state index contributed by atoms with van der Waals surface area (Å²) in [6.07, 6.45) is 0.149. The summed E-state index contributed by atoms with van der Waals surface area (Å²) >= 11 is 0. The summed E-state index contributed by atoms with van der Waals surface area (Å²) in [5.74, 6) is 0.299. The van der Waals surface area contributed by atoms with Crippen molar-refractivity contribution in [3.05, 3.63) is 53.8 Å². The highest BCUT2D eigenvalue weighted by molar-refractivity contribution is 5.99. The molecule has 136 valence electrons. The highest BCUT2D eigenvalue weighted by Gasteiger charge is 2.26. The molecule has 5 nitrogen and oxygen atoms in total. The number of ether oxygens (including phenoxy) is 1. The van der Waals surface area contributed by atoms with E-state index < -0.39 is 0 Å². The average molecular weight is 356 g/mol. The van der Waals surface area contributed by atoms with Crippen molar-refractivity contribution in [3.63, 3.8) is 0 Å². The van der Waals surface area contributed by atoms with Crippen LogP contribution in [0.5, 0.6) is 5.75 Å². The number of fused-ring (bicyclic) bond motifs is 1. The van der Waals surface area contributed by atoms with Gasteiger partial charge in [-0.25, -0.2) is 4.39 Å². The average Bonchev–Trinajstić information content (AvgIpc) is 2.59. The number of halogens is 1. The highest BCUT2D eigenvalue weighted by atomic mass is 19.1. The number of amides is 2. The molecule has 1 aliphatic heterocycles. The number of nitrogens with zero attached hydrogens (tertiary/aromatic N) is 1. The molecular weight excluding hydrogens is 335 g/mol. The van der Waals surface area contributed by atoms with Gasteiger partial charge in [-0.05, 0) is 35.7 Å².